The number of pyridine rings is 1. The number of benzene rings is 1. The molecule has 0 spiro atoms. The number of aromatic nitrogens is 1. The van der Waals surface area contributed by atoms with Crippen molar-refractivity contribution in [2.45, 2.75) is 33.2 Å². The smallest absolute Gasteiger partial charge is 0.269 e. The number of nitriles is 1. The largest absolute Gasteiger partial charge is 0.304 e. The second-order valence-corrected chi connectivity index (χ2v) is 5.59. The highest BCUT2D eigenvalue weighted by atomic mass is 16.1. The summed E-state index contributed by atoms with van der Waals surface area (Å²) in [5, 5.41) is 8.92. The molecule has 0 amide bonds. The summed E-state index contributed by atoms with van der Waals surface area (Å²) in [6.07, 6.45) is 0. The van der Waals surface area contributed by atoms with Gasteiger partial charge in [0.25, 0.3) is 5.56 Å². The highest BCUT2D eigenvalue weighted by Gasteiger charge is 2.12. The molecule has 22 heavy (non-hydrogen) atoms. The summed E-state index contributed by atoms with van der Waals surface area (Å²) in [6.45, 7) is 5.87. The molecule has 0 saturated carbocycles. The summed E-state index contributed by atoms with van der Waals surface area (Å²) >= 11 is 0. The first-order chi connectivity index (χ1) is 10.4. The average Bonchev–Trinajstić information content (AvgIpc) is 2.51. The van der Waals surface area contributed by atoms with Gasteiger partial charge in [-0.25, -0.2) is 0 Å². The quantitative estimate of drug-likeness (QED) is 0.814. The van der Waals surface area contributed by atoms with Gasteiger partial charge in [0, 0.05) is 11.3 Å². The maximum absolute atomic E-state index is 12.4. The van der Waals surface area contributed by atoms with Gasteiger partial charge in [-0.2, -0.15) is 5.26 Å². The molecular weight excluding hydrogens is 276 g/mol. The van der Waals surface area contributed by atoms with Crippen molar-refractivity contribution in [1.29, 1.82) is 5.26 Å². The number of nitrogens with zero attached hydrogens (tertiary/aromatic N) is 2. The Morgan fingerprint density at radius 3 is 2.36 bits per heavy atom. The molecule has 0 aliphatic heterocycles. The Morgan fingerprint density at radius 2 is 1.82 bits per heavy atom. The van der Waals surface area contributed by atoms with E-state index >= 15 is 0 Å². The van der Waals surface area contributed by atoms with E-state index in [-0.39, 0.29) is 17.9 Å². The number of hydrogen-bond donors (Lipinski definition) is 0. The second-order valence-electron chi connectivity index (χ2n) is 5.59. The third-order valence-electron chi connectivity index (χ3n) is 3.71. The third kappa shape index (κ3) is 3.15. The second kappa shape index (κ2) is 6.40. The molecule has 1 heterocycles. The zero-order chi connectivity index (χ0) is 16.3. The molecule has 112 valence electrons. The highest BCUT2D eigenvalue weighted by molar-refractivity contribution is 5.96. The van der Waals surface area contributed by atoms with E-state index < -0.39 is 5.56 Å². The Morgan fingerprint density at radius 1 is 1.18 bits per heavy atom. The van der Waals surface area contributed by atoms with Gasteiger partial charge < -0.3 is 4.57 Å². The van der Waals surface area contributed by atoms with Gasteiger partial charge in [0.05, 0.1) is 6.54 Å². The van der Waals surface area contributed by atoms with E-state index in [1.165, 1.54) is 10.6 Å². The van der Waals surface area contributed by atoms with Gasteiger partial charge in [-0.1, -0.05) is 38.1 Å². The lowest BCUT2D eigenvalue weighted by atomic mass is 10.0. The molecule has 4 nitrogen and oxygen atoms in total. The molecule has 2 aromatic rings. The fraction of sp³-hybridized carbons (Fsp3) is 0.278. The number of carbonyl (C=O) groups is 1. The van der Waals surface area contributed by atoms with Gasteiger partial charge in [0.15, 0.2) is 5.78 Å². The molecule has 0 saturated heterocycles. The Labute approximate surface area is 129 Å². The van der Waals surface area contributed by atoms with Gasteiger partial charge in [0.1, 0.15) is 11.6 Å². The van der Waals surface area contributed by atoms with Crippen LogP contribution in [0.25, 0.3) is 0 Å². The summed E-state index contributed by atoms with van der Waals surface area (Å²) in [7, 11) is 0. The topological polar surface area (TPSA) is 62.9 Å². The van der Waals surface area contributed by atoms with Crippen molar-refractivity contribution in [3.05, 3.63) is 69.1 Å². The molecule has 0 aliphatic carbocycles. The molecule has 1 aromatic heterocycles. The Bertz CT molecular complexity index is 793. The molecule has 0 radical (unpaired) electrons. The van der Waals surface area contributed by atoms with Crippen LogP contribution in [0.5, 0.6) is 0 Å². The monoisotopic (exact) mass is 294 g/mol. The van der Waals surface area contributed by atoms with Crippen molar-refractivity contribution in [2.24, 2.45) is 0 Å². The van der Waals surface area contributed by atoms with Crippen LogP contribution >= 0.6 is 0 Å². The first-order valence-corrected chi connectivity index (χ1v) is 7.17. The van der Waals surface area contributed by atoms with E-state index in [0.717, 1.165) is 5.56 Å². The van der Waals surface area contributed by atoms with Crippen LogP contribution in [0.4, 0.5) is 0 Å². The minimum atomic E-state index is -0.422. The minimum absolute atomic E-state index is 0.0496. The van der Waals surface area contributed by atoms with Crippen molar-refractivity contribution in [2.75, 3.05) is 0 Å². The fourth-order valence-corrected chi connectivity index (χ4v) is 2.24. The molecule has 1 aromatic carbocycles. The van der Waals surface area contributed by atoms with Crippen LogP contribution in [0.1, 0.15) is 46.9 Å². The standard InChI is InChI=1S/C18H18N2O2/c1-12(2)14-6-8-15(9-7-14)17(21)11-20-13(3)4-5-16(10-19)18(20)22/h4-9,12H,11H2,1-3H3. The Balaban J connectivity index is 2.30. The number of rotatable bonds is 4. The van der Waals surface area contributed by atoms with Crippen LogP contribution in [0, 0.1) is 18.3 Å². The van der Waals surface area contributed by atoms with Gasteiger partial charge in [0.2, 0.25) is 0 Å². The van der Waals surface area contributed by atoms with E-state index in [9.17, 15) is 9.59 Å². The van der Waals surface area contributed by atoms with E-state index in [1.54, 1.807) is 25.1 Å². The predicted molar refractivity (Wildman–Crippen MR) is 85.0 cm³/mol. The zero-order valence-corrected chi connectivity index (χ0v) is 13.0. The normalized spacial score (nSPS) is 10.5. The number of carbonyl (C=O) groups excluding carboxylic acids is 1. The average molecular weight is 294 g/mol. The van der Waals surface area contributed by atoms with Crippen molar-refractivity contribution < 1.29 is 4.79 Å². The summed E-state index contributed by atoms with van der Waals surface area (Å²) in [4.78, 5) is 24.5. The lowest BCUT2D eigenvalue weighted by Gasteiger charge is -2.10. The molecule has 0 aliphatic rings. The van der Waals surface area contributed by atoms with E-state index in [1.807, 2.05) is 18.2 Å². The van der Waals surface area contributed by atoms with Crippen LogP contribution < -0.4 is 5.56 Å². The van der Waals surface area contributed by atoms with Crippen LogP contribution in [0.3, 0.4) is 0 Å². The maximum atomic E-state index is 12.4. The summed E-state index contributed by atoms with van der Waals surface area (Å²) in [5.74, 6) is 0.261. The van der Waals surface area contributed by atoms with Gasteiger partial charge in [-0.05, 0) is 30.5 Å². The Hall–Kier alpha value is -2.67. The SMILES string of the molecule is Cc1ccc(C#N)c(=O)n1CC(=O)c1ccc(C(C)C)cc1. The number of aryl methyl sites for hydroxylation is 1. The lowest BCUT2D eigenvalue weighted by molar-refractivity contribution is 0.0970. The van der Waals surface area contributed by atoms with Gasteiger partial charge >= 0.3 is 0 Å². The van der Waals surface area contributed by atoms with E-state index in [4.69, 9.17) is 5.26 Å². The van der Waals surface area contributed by atoms with E-state index in [0.29, 0.717) is 17.2 Å². The fourth-order valence-electron chi connectivity index (χ4n) is 2.24. The van der Waals surface area contributed by atoms with Crippen LogP contribution in [-0.4, -0.2) is 10.4 Å². The molecular formula is C18H18N2O2. The van der Waals surface area contributed by atoms with Gasteiger partial charge in [-0.3, -0.25) is 9.59 Å². The number of hydrogen-bond acceptors (Lipinski definition) is 3. The molecule has 0 atom stereocenters. The number of ketones is 1. The van der Waals surface area contributed by atoms with Crippen LogP contribution in [-0.2, 0) is 6.54 Å². The molecule has 4 heteroatoms. The predicted octanol–water partition coefficient (Wildman–Crippen LogP) is 3.03. The summed E-state index contributed by atoms with van der Waals surface area (Å²) in [5.41, 5.74) is 2.02. The molecule has 0 N–H and O–H groups in total. The summed E-state index contributed by atoms with van der Waals surface area (Å²) in [6, 6.07) is 12.4. The van der Waals surface area contributed by atoms with Crippen molar-refractivity contribution in [1.82, 2.24) is 4.57 Å². The summed E-state index contributed by atoms with van der Waals surface area (Å²) < 4.78 is 1.34. The first-order valence-electron chi connectivity index (χ1n) is 7.17. The minimum Gasteiger partial charge on any atom is -0.304 e. The molecule has 0 bridgehead atoms. The zero-order valence-electron chi connectivity index (χ0n) is 13.0. The first kappa shape index (κ1) is 15.7. The van der Waals surface area contributed by atoms with Crippen molar-refractivity contribution >= 4 is 5.78 Å². The molecule has 0 unspecified atom stereocenters. The van der Waals surface area contributed by atoms with Crippen LogP contribution in [0.15, 0.2) is 41.2 Å². The Kier molecular flexibility index (Phi) is 4.57. The lowest BCUT2D eigenvalue weighted by Crippen LogP contribution is -2.27. The third-order valence-corrected chi connectivity index (χ3v) is 3.71. The van der Waals surface area contributed by atoms with Crippen LogP contribution in [0.2, 0.25) is 0 Å². The van der Waals surface area contributed by atoms with Gasteiger partial charge in [-0.15, -0.1) is 0 Å². The van der Waals surface area contributed by atoms with Crippen molar-refractivity contribution in [3.63, 3.8) is 0 Å². The van der Waals surface area contributed by atoms with E-state index in [2.05, 4.69) is 13.8 Å². The highest BCUT2D eigenvalue weighted by Crippen LogP contribution is 2.15. The number of Topliss-reactive ketones (excluding diaryl/α,β-unsaturated/α-hetero) is 1. The van der Waals surface area contributed by atoms with Crippen molar-refractivity contribution in [3.8, 4) is 6.07 Å². The maximum Gasteiger partial charge on any atom is 0.269 e. The molecule has 0 fully saturated rings. The molecule has 2 rings (SSSR count).